The van der Waals surface area contributed by atoms with Gasteiger partial charge in [-0.1, -0.05) is 224 Å². The van der Waals surface area contributed by atoms with Crippen LogP contribution in [0.15, 0.2) is 279 Å². The standard InChI is InChI=1S/C72H48N4/c1-73-66-47-72(76-68-37-21-19-35-60(68)63-43-53(39-41-70(63)76)58-33-17-15-31-56(58)49-24-8-3-9-25-49)71(46-61(66)54-44-64(50-26-10-4-11-27-50)74-65(45-54)51-28-12-5-13-29-51)75-67-36-20-18-34-59(67)62-42-52(38-40-69(62)75)57-32-16-14-30-55(57)48-22-6-2-7-23-48/h2-47,59,67H. The van der Waals surface area contributed by atoms with E-state index in [-0.39, 0.29) is 12.0 Å². The minimum absolute atomic E-state index is 0.0450. The molecule has 14 rings (SSSR count). The van der Waals surface area contributed by atoms with Crippen LogP contribution in [0.4, 0.5) is 17.1 Å². The fourth-order valence-electron chi connectivity index (χ4n) is 11.9. The topological polar surface area (TPSA) is 25.4 Å². The molecule has 2 aliphatic rings. The Morgan fingerprint density at radius 2 is 0.855 bits per heavy atom. The van der Waals surface area contributed by atoms with Gasteiger partial charge in [0.05, 0.1) is 46.4 Å². The van der Waals surface area contributed by atoms with E-state index in [1.165, 1.54) is 44.5 Å². The highest BCUT2D eigenvalue weighted by molar-refractivity contribution is 6.12. The second-order valence-corrected chi connectivity index (χ2v) is 19.7. The van der Waals surface area contributed by atoms with E-state index < -0.39 is 0 Å². The van der Waals surface area contributed by atoms with Crippen LogP contribution in [0.2, 0.25) is 0 Å². The number of hydrogen-bond donors (Lipinski definition) is 0. The molecular weight excluding hydrogens is 921 g/mol. The largest absolute Gasteiger partial charge is 0.332 e. The summed E-state index contributed by atoms with van der Waals surface area (Å²) in [6.45, 7) is 9.03. The van der Waals surface area contributed by atoms with E-state index in [0.29, 0.717) is 5.69 Å². The zero-order chi connectivity index (χ0) is 50.5. The Morgan fingerprint density at radius 1 is 0.355 bits per heavy atom. The Hall–Kier alpha value is -10.1. The maximum atomic E-state index is 9.03. The zero-order valence-electron chi connectivity index (χ0n) is 41.5. The first-order valence-corrected chi connectivity index (χ1v) is 26.0. The highest BCUT2D eigenvalue weighted by Gasteiger charge is 2.39. The fraction of sp³-hybridized carbons (Fsp3) is 0.0278. The molecule has 0 fully saturated rings. The van der Waals surface area contributed by atoms with Crippen LogP contribution in [0.1, 0.15) is 11.5 Å². The summed E-state index contributed by atoms with van der Waals surface area (Å²) in [7, 11) is 0. The molecule has 4 heteroatoms. The summed E-state index contributed by atoms with van der Waals surface area (Å²) in [5.74, 6) is 0.0707. The van der Waals surface area contributed by atoms with E-state index in [4.69, 9.17) is 11.6 Å². The quantitative estimate of drug-likeness (QED) is 0.135. The maximum Gasteiger partial charge on any atom is 0.197 e. The number of nitrogens with zero attached hydrogens (tertiary/aromatic N) is 4. The summed E-state index contributed by atoms with van der Waals surface area (Å²) < 4.78 is 2.41. The van der Waals surface area contributed by atoms with Gasteiger partial charge in [-0.15, -0.1) is 0 Å². The lowest BCUT2D eigenvalue weighted by atomic mass is 9.88. The molecular formula is C72H48N4. The van der Waals surface area contributed by atoms with Gasteiger partial charge in [-0.25, -0.2) is 9.83 Å². The number of aromatic nitrogens is 2. The molecule has 1 aliphatic carbocycles. The Morgan fingerprint density at radius 3 is 1.46 bits per heavy atom. The predicted molar refractivity (Wildman–Crippen MR) is 316 cm³/mol. The smallest absolute Gasteiger partial charge is 0.197 e. The molecule has 4 nitrogen and oxygen atoms in total. The Balaban J connectivity index is 1.02. The molecule has 0 saturated carbocycles. The van der Waals surface area contributed by atoms with Crippen LogP contribution in [0.3, 0.4) is 0 Å². The van der Waals surface area contributed by atoms with E-state index in [1.54, 1.807) is 0 Å². The monoisotopic (exact) mass is 968 g/mol. The van der Waals surface area contributed by atoms with Gasteiger partial charge in [0.15, 0.2) is 5.69 Å². The lowest BCUT2D eigenvalue weighted by molar-refractivity contribution is 0.743. The summed E-state index contributed by atoms with van der Waals surface area (Å²) in [5.41, 5.74) is 22.0. The minimum Gasteiger partial charge on any atom is -0.332 e. The molecule has 0 spiro atoms. The molecule has 0 radical (unpaired) electrons. The van der Waals surface area contributed by atoms with Crippen molar-refractivity contribution in [3.8, 4) is 83.8 Å². The van der Waals surface area contributed by atoms with Gasteiger partial charge in [0.25, 0.3) is 0 Å². The molecule has 76 heavy (non-hydrogen) atoms. The molecule has 2 aromatic heterocycles. The molecule has 1 aliphatic heterocycles. The van der Waals surface area contributed by atoms with Crippen molar-refractivity contribution >= 4 is 38.9 Å². The number of allylic oxidation sites excluding steroid dienone is 2. The van der Waals surface area contributed by atoms with Crippen LogP contribution in [0.25, 0.3) is 110 Å². The Labute approximate surface area is 442 Å². The van der Waals surface area contributed by atoms with E-state index in [2.05, 4.69) is 281 Å². The molecule has 12 aromatic rings. The molecule has 0 bridgehead atoms. The lowest BCUT2D eigenvalue weighted by Crippen LogP contribution is -2.29. The molecule has 10 aromatic carbocycles. The number of para-hydroxylation sites is 1. The van der Waals surface area contributed by atoms with Crippen molar-refractivity contribution in [3.63, 3.8) is 0 Å². The number of pyridine rings is 1. The van der Waals surface area contributed by atoms with Crippen LogP contribution in [-0.4, -0.2) is 15.6 Å². The van der Waals surface area contributed by atoms with E-state index >= 15 is 0 Å². The van der Waals surface area contributed by atoms with Gasteiger partial charge < -0.3 is 9.47 Å². The summed E-state index contributed by atoms with van der Waals surface area (Å²) in [6.07, 6.45) is 9.10. The normalized spacial score (nSPS) is 14.4. The second-order valence-electron chi connectivity index (χ2n) is 19.7. The average Bonchev–Trinajstić information content (AvgIpc) is 4.02. The number of benzene rings is 10. The van der Waals surface area contributed by atoms with Gasteiger partial charge in [-0.2, -0.15) is 0 Å². The minimum atomic E-state index is -0.0450. The number of anilines is 2. The molecule has 3 heterocycles. The highest BCUT2D eigenvalue weighted by atomic mass is 15.2. The van der Waals surface area contributed by atoms with Crippen molar-refractivity contribution in [2.24, 2.45) is 0 Å². The third-order valence-corrected chi connectivity index (χ3v) is 15.4. The van der Waals surface area contributed by atoms with Crippen molar-refractivity contribution in [1.82, 2.24) is 9.55 Å². The Bertz CT molecular complexity index is 4240. The molecule has 356 valence electrons. The van der Waals surface area contributed by atoms with Crippen molar-refractivity contribution in [3.05, 3.63) is 296 Å². The van der Waals surface area contributed by atoms with Gasteiger partial charge in [0.1, 0.15) is 0 Å². The number of rotatable bonds is 9. The molecule has 0 N–H and O–H groups in total. The third-order valence-electron chi connectivity index (χ3n) is 15.4. The fourth-order valence-corrected chi connectivity index (χ4v) is 11.9. The van der Waals surface area contributed by atoms with Crippen molar-refractivity contribution in [1.29, 1.82) is 0 Å². The number of fused-ring (bicyclic) bond motifs is 6. The van der Waals surface area contributed by atoms with Crippen LogP contribution in [-0.2, 0) is 0 Å². The SMILES string of the molecule is [C-]#[N+]c1cc(-n2c3ccccc3c3cc(-c4ccccc4-c4ccccc4)ccc32)c(N2c3ccc(-c4ccccc4-c4ccccc4)cc3C3C=CC=CC32)cc1-c1cc(-c2ccccc2)nc(-c2ccccc2)c1. The summed E-state index contributed by atoms with van der Waals surface area (Å²) in [6, 6.07) is 90.9. The summed E-state index contributed by atoms with van der Waals surface area (Å²) in [4.78, 5) is 12.2. The van der Waals surface area contributed by atoms with Crippen LogP contribution in [0, 0.1) is 6.57 Å². The Kier molecular flexibility index (Phi) is 11.0. The third kappa shape index (κ3) is 7.65. The molecule has 2 unspecified atom stereocenters. The average molecular weight is 969 g/mol. The van der Waals surface area contributed by atoms with E-state index in [1.807, 2.05) is 12.1 Å². The van der Waals surface area contributed by atoms with Crippen molar-refractivity contribution in [2.75, 3.05) is 4.90 Å². The van der Waals surface area contributed by atoms with Gasteiger partial charge >= 0.3 is 0 Å². The van der Waals surface area contributed by atoms with Gasteiger partial charge in [-0.05, 0) is 116 Å². The summed E-state index contributed by atoms with van der Waals surface area (Å²) >= 11 is 0. The van der Waals surface area contributed by atoms with Crippen LogP contribution in [0.5, 0.6) is 0 Å². The first-order chi connectivity index (χ1) is 37.7. The highest BCUT2D eigenvalue weighted by Crippen LogP contribution is 2.53. The maximum absolute atomic E-state index is 9.03. The second kappa shape index (κ2) is 18.8. The first kappa shape index (κ1) is 44.6. The van der Waals surface area contributed by atoms with Gasteiger partial charge in [-0.3, -0.25) is 0 Å². The predicted octanol–water partition coefficient (Wildman–Crippen LogP) is 19.1. The lowest BCUT2D eigenvalue weighted by Gasteiger charge is -2.32. The first-order valence-electron chi connectivity index (χ1n) is 26.0. The van der Waals surface area contributed by atoms with Gasteiger partial charge in [0.2, 0.25) is 0 Å². The van der Waals surface area contributed by atoms with Crippen LogP contribution < -0.4 is 4.90 Å². The molecule has 0 saturated heterocycles. The number of hydrogen-bond acceptors (Lipinski definition) is 2. The van der Waals surface area contributed by atoms with E-state index in [9.17, 15) is 0 Å². The van der Waals surface area contributed by atoms with Gasteiger partial charge in [0, 0.05) is 33.5 Å². The van der Waals surface area contributed by atoms with Crippen LogP contribution >= 0.6 is 0 Å². The zero-order valence-corrected chi connectivity index (χ0v) is 41.5. The van der Waals surface area contributed by atoms with E-state index in [0.717, 1.165) is 78.1 Å². The van der Waals surface area contributed by atoms with Crippen molar-refractivity contribution < 1.29 is 0 Å². The summed E-state index contributed by atoms with van der Waals surface area (Å²) in [5, 5.41) is 2.29. The molecule has 2 atom stereocenters. The molecule has 0 amide bonds. The van der Waals surface area contributed by atoms with Crippen molar-refractivity contribution in [2.45, 2.75) is 12.0 Å².